The summed E-state index contributed by atoms with van der Waals surface area (Å²) in [6, 6.07) is -0.937. The van der Waals surface area contributed by atoms with Crippen LogP contribution in [0.4, 0.5) is 0 Å². The molecule has 0 rings (SSSR count). The predicted molar refractivity (Wildman–Crippen MR) is 71.2 cm³/mol. The Bertz CT molecular complexity index is 249. The molecule has 0 aromatic carbocycles. The Kier molecular flexibility index (Phi) is 9.28. The molecule has 0 spiro atoms. The van der Waals surface area contributed by atoms with E-state index in [9.17, 15) is 9.59 Å². The molecule has 0 fully saturated rings. The van der Waals surface area contributed by atoms with Crippen LogP contribution in [0.15, 0.2) is 0 Å². The number of carbonyl (C=O) groups excluding carboxylic acids is 1. The van der Waals surface area contributed by atoms with Gasteiger partial charge in [0.25, 0.3) is 0 Å². The van der Waals surface area contributed by atoms with Gasteiger partial charge in [0, 0.05) is 19.5 Å². The standard InChI is InChI=1S/C13H26N2O3/c1-3-5-9-15(10-6-4-2)12(16)8-7-11(14)13(17)18/h11H,3-10,14H2,1-2H3,(H,17,18)/t11-/m1/s1. The summed E-state index contributed by atoms with van der Waals surface area (Å²) in [5, 5.41) is 8.67. The van der Waals surface area contributed by atoms with Gasteiger partial charge in [-0.25, -0.2) is 0 Å². The molecule has 0 aromatic heterocycles. The van der Waals surface area contributed by atoms with Crippen molar-refractivity contribution in [3.63, 3.8) is 0 Å². The summed E-state index contributed by atoms with van der Waals surface area (Å²) in [5.41, 5.74) is 5.39. The summed E-state index contributed by atoms with van der Waals surface area (Å²) >= 11 is 0. The van der Waals surface area contributed by atoms with Crippen LogP contribution in [0.25, 0.3) is 0 Å². The number of aliphatic carboxylic acids is 1. The van der Waals surface area contributed by atoms with Crippen LogP contribution in [0.5, 0.6) is 0 Å². The number of carboxylic acid groups (broad SMARTS) is 1. The normalized spacial score (nSPS) is 12.2. The Morgan fingerprint density at radius 2 is 1.67 bits per heavy atom. The molecule has 0 unspecified atom stereocenters. The van der Waals surface area contributed by atoms with Gasteiger partial charge in [-0.2, -0.15) is 0 Å². The first-order valence-electron chi connectivity index (χ1n) is 6.79. The van der Waals surface area contributed by atoms with Gasteiger partial charge < -0.3 is 15.7 Å². The van der Waals surface area contributed by atoms with Crippen LogP contribution in [-0.2, 0) is 9.59 Å². The highest BCUT2D eigenvalue weighted by molar-refractivity contribution is 5.78. The van der Waals surface area contributed by atoms with Gasteiger partial charge in [0.15, 0.2) is 0 Å². The van der Waals surface area contributed by atoms with Crippen LogP contribution < -0.4 is 5.73 Å². The highest BCUT2D eigenvalue weighted by atomic mass is 16.4. The fraction of sp³-hybridized carbons (Fsp3) is 0.846. The van der Waals surface area contributed by atoms with Crippen LogP contribution in [0.2, 0.25) is 0 Å². The van der Waals surface area contributed by atoms with E-state index < -0.39 is 12.0 Å². The lowest BCUT2D eigenvalue weighted by molar-refractivity contribution is -0.139. The molecule has 0 bridgehead atoms. The maximum atomic E-state index is 12.0. The summed E-state index contributed by atoms with van der Waals surface area (Å²) in [5.74, 6) is -1.02. The number of unbranched alkanes of at least 4 members (excludes halogenated alkanes) is 2. The predicted octanol–water partition coefficient (Wildman–Crippen LogP) is 1.61. The van der Waals surface area contributed by atoms with Gasteiger partial charge in [0.1, 0.15) is 6.04 Å². The Morgan fingerprint density at radius 3 is 2.06 bits per heavy atom. The molecule has 0 saturated carbocycles. The second kappa shape index (κ2) is 9.88. The first kappa shape index (κ1) is 16.9. The maximum absolute atomic E-state index is 12.0. The SMILES string of the molecule is CCCCN(CCCC)C(=O)CC[C@@H](N)C(=O)O. The van der Waals surface area contributed by atoms with Crippen LogP contribution >= 0.6 is 0 Å². The summed E-state index contributed by atoms with van der Waals surface area (Å²) in [4.78, 5) is 24.4. The van der Waals surface area contributed by atoms with Crippen molar-refractivity contribution in [3.8, 4) is 0 Å². The van der Waals surface area contributed by atoms with E-state index in [1.807, 2.05) is 4.90 Å². The van der Waals surface area contributed by atoms with E-state index >= 15 is 0 Å². The van der Waals surface area contributed by atoms with Crippen molar-refractivity contribution < 1.29 is 14.7 Å². The molecule has 0 saturated heterocycles. The maximum Gasteiger partial charge on any atom is 0.320 e. The number of carboxylic acids is 1. The van der Waals surface area contributed by atoms with E-state index in [-0.39, 0.29) is 18.7 Å². The third-order valence-electron chi connectivity index (χ3n) is 2.90. The molecule has 5 heteroatoms. The van der Waals surface area contributed by atoms with E-state index in [1.165, 1.54) is 0 Å². The molecule has 1 atom stereocenters. The molecule has 0 aromatic rings. The first-order chi connectivity index (χ1) is 8.52. The second-order valence-electron chi connectivity index (χ2n) is 4.57. The molecule has 0 aliphatic heterocycles. The Morgan fingerprint density at radius 1 is 1.17 bits per heavy atom. The minimum atomic E-state index is -1.04. The van der Waals surface area contributed by atoms with Crippen molar-refractivity contribution >= 4 is 11.9 Å². The van der Waals surface area contributed by atoms with Crippen molar-refractivity contribution in [2.24, 2.45) is 5.73 Å². The van der Waals surface area contributed by atoms with Crippen molar-refractivity contribution in [3.05, 3.63) is 0 Å². The molecule has 106 valence electrons. The van der Waals surface area contributed by atoms with Crippen LogP contribution in [0.3, 0.4) is 0 Å². The van der Waals surface area contributed by atoms with E-state index in [0.29, 0.717) is 0 Å². The zero-order chi connectivity index (χ0) is 14.0. The van der Waals surface area contributed by atoms with Crippen LogP contribution in [0.1, 0.15) is 52.4 Å². The molecular weight excluding hydrogens is 232 g/mol. The highest BCUT2D eigenvalue weighted by Crippen LogP contribution is 2.05. The number of hydrogen-bond acceptors (Lipinski definition) is 3. The number of nitrogens with zero attached hydrogens (tertiary/aromatic N) is 1. The Hall–Kier alpha value is -1.10. The van der Waals surface area contributed by atoms with Crippen LogP contribution in [-0.4, -0.2) is 41.0 Å². The van der Waals surface area contributed by atoms with Gasteiger partial charge in [0.2, 0.25) is 5.91 Å². The second-order valence-corrected chi connectivity index (χ2v) is 4.57. The molecule has 0 aliphatic carbocycles. The molecule has 0 radical (unpaired) electrons. The number of carbonyl (C=O) groups is 2. The fourth-order valence-electron chi connectivity index (χ4n) is 1.62. The van der Waals surface area contributed by atoms with Crippen molar-refractivity contribution in [1.82, 2.24) is 4.90 Å². The molecule has 3 N–H and O–H groups in total. The number of rotatable bonds is 10. The van der Waals surface area contributed by atoms with Gasteiger partial charge in [-0.15, -0.1) is 0 Å². The number of hydrogen-bond donors (Lipinski definition) is 2. The monoisotopic (exact) mass is 258 g/mol. The summed E-state index contributed by atoms with van der Waals surface area (Å²) < 4.78 is 0. The minimum absolute atomic E-state index is 0.0219. The first-order valence-corrected chi connectivity index (χ1v) is 6.79. The van der Waals surface area contributed by atoms with Gasteiger partial charge in [0.05, 0.1) is 0 Å². The molecule has 18 heavy (non-hydrogen) atoms. The Labute approximate surface area is 109 Å². The van der Waals surface area contributed by atoms with Crippen molar-refractivity contribution in [1.29, 1.82) is 0 Å². The van der Waals surface area contributed by atoms with Crippen LogP contribution in [0, 0.1) is 0 Å². The quantitative estimate of drug-likeness (QED) is 0.623. The largest absolute Gasteiger partial charge is 0.480 e. The van der Waals surface area contributed by atoms with E-state index in [0.717, 1.165) is 38.8 Å². The number of nitrogens with two attached hydrogens (primary N) is 1. The lowest BCUT2D eigenvalue weighted by atomic mass is 10.1. The van der Waals surface area contributed by atoms with Crippen molar-refractivity contribution in [2.75, 3.05) is 13.1 Å². The third kappa shape index (κ3) is 7.27. The Balaban J connectivity index is 4.14. The molecular formula is C13H26N2O3. The van der Waals surface area contributed by atoms with Gasteiger partial charge in [-0.05, 0) is 19.3 Å². The molecule has 5 nitrogen and oxygen atoms in total. The zero-order valence-electron chi connectivity index (χ0n) is 11.5. The zero-order valence-corrected chi connectivity index (χ0v) is 11.5. The highest BCUT2D eigenvalue weighted by Gasteiger charge is 2.17. The van der Waals surface area contributed by atoms with E-state index in [2.05, 4.69) is 13.8 Å². The van der Waals surface area contributed by atoms with E-state index in [4.69, 9.17) is 10.8 Å². The van der Waals surface area contributed by atoms with Gasteiger partial charge in [-0.3, -0.25) is 9.59 Å². The number of amides is 1. The van der Waals surface area contributed by atoms with Gasteiger partial charge >= 0.3 is 5.97 Å². The lowest BCUT2D eigenvalue weighted by Crippen LogP contribution is -2.36. The molecule has 0 heterocycles. The third-order valence-corrected chi connectivity index (χ3v) is 2.90. The average molecular weight is 258 g/mol. The van der Waals surface area contributed by atoms with Crippen molar-refractivity contribution in [2.45, 2.75) is 58.4 Å². The summed E-state index contributed by atoms with van der Waals surface area (Å²) in [7, 11) is 0. The molecule has 1 amide bonds. The minimum Gasteiger partial charge on any atom is -0.480 e. The summed E-state index contributed by atoms with van der Waals surface area (Å²) in [6.45, 7) is 5.70. The van der Waals surface area contributed by atoms with Gasteiger partial charge in [-0.1, -0.05) is 26.7 Å². The lowest BCUT2D eigenvalue weighted by Gasteiger charge is -2.22. The summed E-state index contributed by atoms with van der Waals surface area (Å²) in [6.07, 6.45) is 4.50. The topological polar surface area (TPSA) is 83.6 Å². The molecule has 0 aliphatic rings. The fourth-order valence-corrected chi connectivity index (χ4v) is 1.62. The average Bonchev–Trinajstić information content (AvgIpc) is 2.35. The smallest absolute Gasteiger partial charge is 0.320 e. The van der Waals surface area contributed by atoms with E-state index in [1.54, 1.807) is 0 Å².